The van der Waals surface area contributed by atoms with Gasteiger partial charge in [0.2, 0.25) is 0 Å². The van der Waals surface area contributed by atoms with Crippen molar-refractivity contribution >= 4 is 17.3 Å². The van der Waals surface area contributed by atoms with E-state index < -0.39 is 10.9 Å². The van der Waals surface area contributed by atoms with E-state index in [0.717, 1.165) is 32.1 Å². The minimum absolute atomic E-state index is 0.141. The largest absolute Gasteiger partial charge is 0.465 e. The predicted octanol–water partition coefficient (Wildman–Crippen LogP) is 3.81. The minimum atomic E-state index is -0.611. The zero-order valence-electron chi connectivity index (χ0n) is 13.4. The van der Waals surface area contributed by atoms with Crippen LogP contribution < -0.4 is 5.32 Å². The lowest BCUT2D eigenvalue weighted by atomic mass is 10.0. The summed E-state index contributed by atoms with van der Waals surface area (Å²) < 4.78 is 4.72. The molecule has 0 aliphatic heterocycles. The number of rotatable bonds is 9. The Morgan fingerprint density at radius 1 is 1.50 bits per heavy atom. The van der Waals surface area contributed by atoms with E-state index in [1.54, 1.807) is 0 Å². The molecule has 2 rings (SSSR count). The van der Waals surface area contributed by atoms with Gasteiger partial charge in [-0.05, 0) is 37.3 Å². The van der Waals surface area contributed by atoms with E-state index in [1.165, 1.54) is 25.3 Å². The number of esters is 1. The van der Waals surface area contributed by atoms with Crippen LogP contribution in [-0.4, -0.2) is 30.1 Å². The Hall–Kier alpha value is -2.80. The highest BCUT2D eigenvalue weighted by atomic mass is 16.6. The molecule has 9 heteroatoms. The summed E-state index contributed by atoms with van der Waals surface area (Å²) in [4.78, 5) is 25.4. The van der Waals surface area contributed by atoms with E-state index in [-0.39, 0.29) is 22.5 Å². The highest BCUT2D eigenvalue weighted by Gasteiger charge is 2.43. The number of ether oxygens (including phenoxy) is 1. The highest BCUT2D eigenvalue weighted by molar-refractivity contribution is 5.98. The Morgan fingerprint density at radius 2 is 2.25 bits per heavy atom. The number of azide groups is 1. The van der Waals surface area contributed by atoms with E-state index in [4.69, 9.17) is 10.3 Å². The number of nitrogens with one attached hydrogen (secondary N) is 1. The second kappa shape index (κ2) is 7.65. The van der Waals surface area contributed by atoms with Crippen molar-refractivity contribution in [2.45, 2.75) is 37.6 Å². The average Bonchev–Trinajstić information content (AvgIpc) is 3.33. The van der Waals surface area contributed by atoms with Crippen LogP contribution in [-0.2, 0) is 4.74 Å². The number of nitrogens with zero attached hydrogens (tertiary/aromatic N) is 4. The summed E-state index contributed by atoms with van der Waals surface area (Å²) in [5.74, 6) is -0.611. The molecule has 0 heterocycles. The molecule has 1 saturated carbocycles. The molecule has 0 saturated heterocycles. The van der Waals surface area contributed by atoms with E-state index in [9.17, 15) is 14.9 Å². The van der Waals surface area contributed by atoms with Gasteiger partial charge in [-0.3, -0.25) is 10.1 Å². The fourth-order valence-corrected chi connectivity index (χ4v) is 2.65. The van der Waals surface area contributed by atoms with Crippen molar-refractivity contribution in [2.75, 3.05) is 19.0 Å². The van der Waals surface area contributed by atoms with E-state index in [1.807, 2.05) is 0 Å². The van der Waals surface area contributed by atoms with E-state index >= 15 is 0 Å². The molecule has 1 aliphatic rings. The summed E-state index contributed by atoms with van der Waals surface area (Å²) >= 11 is 0. The fraction of sp³-hybridized carbons (Fsp3) is 0.533. The van der Waals surface area contributed by atoms with Crippen LogP contribution in [0.4, 0.5) is 11.4 Å². The Kier molecular flexibility index (Phi) is 5.59. The number of carbonyl (C=O) groups is 1. The molecular formula is C15H19N5O4. The third-order valence-corrected chi connectivity index (χ3v) is 4.11. The van der Waals surface area contributed by atoms with Crippen LogP contribution >= 0.6 is 0 Å². The van der Waals surface area contributed by atoms with Gasteiger partial charge in [0, 0.05) is 23.1 Å². The molecule has 1 aromatic carbocycles. The molecule has 0 amide bonds. The summed E-state index contributed by atoms with van der Waals surface area (Å²) in [5, 5.41) is 18.0. The average molecular weight is 333 g/mol. The van der Waals surface area contributed by atoms with Crippen LogP contribution in [0.1, 0.15) is 42.5 Å². The zero-order chi connectivity index (χ0) is 17.6. The first-order chi connectivity index (χ1) is 11.5. The molecule has 9 nitrogen and oxygen atoms in total. The van der Waals surface area contributed by atoms with Gasteiger partial charge in [-0.2, -0.15) is 0 Å². The lowest BCUT2D eigenvalue weighted by molar-refractivity contribution is -0.384. The molecule has 1 fully saturated rings. The molecule has 1 aromatic rings. The lowest BCUT2D eigenvalue weighted by Crippen LogP contribution is -2.23. The molecule has 128 valence electrons. The fourth-order valence-electron chi connectivity index (χ4n) is 2.65. The maximum atomic E-state index is 11.9. The van der Waals surface area contributed by atoms with Gasteiger partial charge in [-0.15, -0.1) is 0 Å². The van der Waals surface area contributed by atoms with Crippen molar-refractivity contribution < 1.29 is 14.5 Å². The van der Waals surface area contributed by atoms with Crippen molar-refractivity contribution in [3.05, 3.63) is 44.3 Å². The number of benzene rings is 1. The number of anilines is 1. The van der Waals surface area contributed by atoms with Gasteiger partial charge in [-0.25, -0.2) is 4.79 Å². The van der Waals surface area contributed by atoms with Gasteiger partial charge in [0.25, 0.3) is 5.69 Å². The number of para-hydroxylation sites is 1. The summed E-state index contributed by atoms with van der Waals surface area (Å²) in [6.45, 7) is 0.436. The van der Waals surface area contributed by atoms with Crippen molar-refractivity contribution in [3.8, 4) is 0 Å². The van der Waals surface area contributed by atoms with Crippen LogP contribution in [0.15, 0.2) is 23.3 Å². The van der Waals surface area contributed by atoms with Gasteiger partial charge in [0.05, 0.1) is 17.6 Å². The van der Waals surface area contributed by atoms with Crippen LogP contribution in [0.25, 0.3) is 10.4 Å². The summed E-state index contributed by atoms with van der Waals surface area (Å²) in [6.07, 6.45) is 4.14. The molecular weight excluding hydrogens is 314 g/mol. The number of carbonyl (C=O) groups excluding carboxylic acids is 1. The topological polar surface area (TPSA) is 130 Å². The van der Waals surface area contributed by atoms with Crippen molar-refractivity contribution in [2.24, 2.45) is 5.11 Å². The second-order valence-corrected chi connectivity index (χ2v) is 5.77. The van der Waals surface area contributed by atoms with Gasteiger partial charge in [0.15, 0.2) is 0 Å². The molecule has 0 aromatic heterocycles. The first kappa shape index (κ1) is 17.6. The predicted molar refractivity (Wildman–Crippen MR) is 87.9 cm³/mol. The van der Waals surface area contributed by atoms with Crippen molar-refractivity contribution in [1.29, 1.82) is 0 Å². The number of hydrogen-bond acceptors (Lipinski definition) is 6. The molecule has 0 unspecified atom stereocenters. The third kappa shape index (κ3) is 4.14. The Balaban J connectivity index is 2.17. The molecule has 0 atom stereocenters. The monoisotopic (exact) mass is 333 g/mol. The molecule has 1 N–H and O–H groups in total. The van der Waals surface area contributed by atoms with Crippen LogP contribution in [0.3, 0.4) is 0 Å². The minimum Gasteiger partial charge on any atom is -0.465 e. The summed E-state index contributed by atoms with van der Waals surface area (Å²) in [6, 6.07) is 4.35. The standard InChI is InChI=1S/C15H19N5O4/c1-24-14(21)11-5-4-6-12(20(22)23)13(11)18-15(8-9-15)7-2-3-10-17-19-16/h4-6,18H,2-3,7-10H2,1H3. The number of nitro benzene ring substituents is 1. The third-order valence-electron chi connectivity index (χ3n) is 4.11. The van der Waals surface area contributed by atoms with E-state index in [0.29, 0.717) is 6.54 Å². The SMILES string of the molecule is COC(=O)c1cccc([N+](=O)[O-])c1NC1(CCCCN=[N+]=[N-])CC1. The molecule has 1 aliphatic carbocycles. The van der Waals surface area contributed by atoms with Crippen LogP contribution in [0, 0.1) is 10.1 Å². The number of methoxy groups -OCH3 is 1. The Morgan fingerprint density at radius 3 is 2.83 bits per heavy atom. The first-order valence-electron chi connectivity index (χ1n) is 7.68. The number of unbranched alkanes of at least 4 members (excludes halogenated alkanes) is 1. The maximum absolute atomic E-state index is 11.9. The molecule has 0 radical (unpaired) electrons. The van der Waals surface area contributed by atoms with Gasteiger partial charge in [0.1, 0.15) is 5.69 Å². The molecule has 0 spiro atoms. The lowest BCUT2D eigenvalue weighted by Gasteiger charge is -2.20. The Bertz CT molecular complexity index is 680. The zero-order valence-corrected chi connectivity index (χ0v) is 13.4. The molecule has 24 heavy (non-hydrogen) atoms. The first-order valence-corrected chi connectivity index (χ1v) is 7.68. The summed E-state index contributed by atoms with van der Waals surface area (Å²) in [7, 11) is 1.24. The molecule has 0 bridgehead atoms. The highest BCUT2D eigenvalue weighted by Crippen LogP contribution is 2.45. The van der Waals surface area contributed by atoms with E-state index in [2.05, 4.69) is 15.3 Å². The quantitative estimate of drug-likeness (QED) is 0.140. The van der Waals surface area contributed by atoms with Gasteiger partial charge in [-0.1, -0.05) is 17.6 Å². The van der Waals surface area contributed by atoms with Crippen molar-refractivity contribution in [3.63, 3.8) is 0 Å². The maximum Gasteiger partial charge on any atom is 0.340 e. The van der Waals surface area contributed by atoms with Gasteiger partial charge >= 0.3 is 5.97 Å². The van der Waals surface area contributed by atoms with Crippen LogP contribution in [0.2, 0.25) is 0 Å². The van der Waals surface area contributed by atoms with Crippen molar-refractivity contribution in [1.82, 2.24) is 0 Å². The van der Waals surface area contributed by atoms with Crippen LogP contribution in [0.5, 0.6) is 0 Å². The smallest absolute Gasteiger partial charge is 0.340 e. The summed E-state index contributed by atoms with van der Waals surface area (Å²) in [5.41, 5.74) is 8.24. The van der Waals surface area contributed by atoms with Gasteiger partial charge < -0.3 is 10.1 Å². The normalized spacial score (nSPS) is 14.4. The number of hydrogen-bond donors (Lipinski definition) is 1. The second-order valence-electron chi connectivity index (χ2n) is 5.77. The number of nitro groups is 1. The Labute approximate surface area is 138 Å².